The van der Waals surface area contributed by atoms with E-state index in [0.29, 0.717) is 18.7 Å². The molecule has 4 heteroatoms. The van der Waals surface area contributed by atoms with E-state index in [4.69, 9.17) is 5.11 Å². The van der Waals surface area contributed by atoms with Crippen LogP contribution in [0, 0.1) is 5.82 Å². The molecule has 1 aromatic rings. The lowest BCUT2D eigenvalue weighted by atomic mass is 9.90. The van der Waals surface area contributed by atoms with Gasteiger partial charge in [-0.15, -0.1) is 0 Å². The van der Waals surface area contributed by atoms with Crippen LogP contribution in [-0.4, -0.2) is 29.6 Å². The topological polar surface area (TPSA) is 40.5 Å². The van der Waals surface area contributed by atoms with Gasteiger partial charge in [0.15, 0.2) is 0 Å². The average molecular weight is 209 g/mol. The normalized spacial score (nSPS) is 21.1. The average Bonchev–Trinajstić information content (AvgIpc) is 2.17. The quantitative estimate of drug-likeness (QED) is 0.760. The van der Waals surface area contributed by atoms with Crippen LogP contribution < -0.4 is 0 Å². The molecule has 1 aliphatic rings. The fourth-order valence-corrected chi connectivity index (χ4v) is 2.01. The number of benzene rings is 1. The number of nitrogens with zero attached hydrogens (tertiary/aromatic N) is 1. The first-order chi connectivity index (χ1) is 7.08. The highest BCUT2D eigenvalue weighted by molar-refractivity contribution is 5.77. The van der Waals surface area contributed by atoms with Gasteiger partial charge in [-0.25, -0.2) is 4.39 Å². The monoisotopic (exact) mass is 209 g/mol. The first-order valence-electron chi connectivity index (χ1n) is 4.77. The van der Waals surface area contributed by atoms with Crippen LogP contribution in [-0.2, 0) is 11.3 Å². The summed E-state index contributed by atoms with van der Waals surface area (Å²) in [6.07, 6.45) is 0. The Morgan fingerprint density at radius 1 is 1.60 bits per heavy atom. The van der Waals surface area contributed by atoms with Gasteiger partial charge in [0.1, 0.15) is 5.82 Å². The number of likely N-dealkylation sites (N-methyl/N-ethyl adjacent to an activating group) is 1. The van der Waals surface area contributed by atoms with Gasteiger partial charge in [0.25, 0.3) is 0 Å². The van der Waals surface area contributed by atoms with Crippen molar-refractivity contribution in [3.63, 3.8) is 0 Å². The predicted octanol–water partition coefficient (Wildman–Crippen LogP) is 1.44. The Morgan fingerprint density at radius 2 is 2.33 bits per heavy atom. The van der Waals surface area contributed by atoms with Crippen LogP contribution in [0.15, 0.2) is 18.2 Å². The van der Waals surface area contributed by atoms with Crippen molar-refractivity contribution in [1.82, 2.24) is 4.90 Å². The summed E-state index contributed by atoms with van der Waals surface area (Å²) < 4.78 is 13.0. The van der Waals surface area contributed by atoms with E-state index < -0.39 is 11.9 Å². The van der Waals surface area contributed by atoms with Gasteiger partial charge in [-0.3, -0.25) is 4.79 Å². The summed E-state index contributed by atoms with van der Waals surface area (Å²) in [5, 5.41) is 9.04. The molecule has 0 fully saturated rings. The SMILES string of the molecule is CN1Cc2ccc(F)cc2C(C(=O)O)C1. The molecule has 1 atom stereocenters. The molecule has 0 radical (unpaired) electrons. The molecular formula is C11H12FNO2. The van der Waals surface area contributed by atoms with Gasteiger partial charge in [-0.1, -0.05) is 6.07 Å². The van der Waals surface area contributed by atoms with E-state index in [-0.39, 0.29) is 5.82 Å². The number of rotatable bonds is 1. The Labute approximate surface area is 87.1 Å². The molecule has 0 spiro atoms. The minimum Gasteiger partial charge on any atom is -0.481 e. The summed E-state index contributed by atoms with van der Waals surface area (Å²) in [5.41, 5.74) is 1.51. The van der Waals surface area contributed by atoms with Crippen molar-refractivity contribution in [3.8, 4) is 0 Å². The van der Waals surface area contributed by atoms with Crippen molar-refractivity contribution < 1.29 is 14.3 Å². The molecular weight excluding hydrogens is 197 g/mol. The summed E-state index contributed by atoms with van der Waals surface area (Å²) in [7, 11) is 1.86. The van der Waals surface area contributed by atoms with Gasteiger partial charge in [-0.2, -0.15) is 0 Å². The van der Waals surface area contributed by atoms with Crippen molar-refractivity contribution >= 4 is 5.97 Å². The number of hydrogen-bond donors (Lipinski definition) is 1. The second-order valence-corrected chi connectivity index (χ2v) is 3.93. The Balaban J connectivity index is 2.47. The number of fused-ring (bicyclic) bond motifs is 1. The molecule has 1 unspecified atom stereocenters. The third-order valence-corrected chi connectivity index (χ3v) is 2.72. The fourth-order valence-electron chi connectivity index (χ4n) is 2.01. The van der Waals surface area contributed by atoms with E-state index in [1.165, 1.54) is 12.1 Å². The van der Waals surface area contributed by atoms with E-state index in [1.54, 1.807) is 6.07 Å². The van der Waals surface area contributed by atoms with Crippen LogP contribution in [0.2, 0.25) is 0 Å². The maximum Gasteiger partial charge on any atom is 0.312 e. The molecule has 1 aliphatic heterocycles. The number of aliphatic carboxylic acids is 1. The lowest BCUT2D eigenvalue weighted by Crippen LogP contribution is -2.34. The summed E-state index contributed by atoms with van der Waals surface area (Å²) in [4.78, 5) is 13.0. The Bertz CT molecular complexity index is 406. The fraction of sp³-hybridized carbons (Fsp3) is 0.364. The Morgan fingerprint density at radius 3 is 3.00 bits per heavy atom. The van der Waals surface area contributed by atoms with E-state index in [1.807, 2.05) is 11.9 Å². The number of carboxylic acid groups (broad SMARTS) is 1. The molecule has 0 bridgehead atoms. The molecule has 0 saturated heterocycles. The highest BCUT2D eigenvalue weighted by Gasteiger charge is 2.28. The number of carboxylic acids is 1. The number of halogens is 1. The van der Waals surface area contributed by atoms with E-state index in [2.05, 4.69) is 0 Å². The standard InChI is InChI=1S/C11H12FNO2/c1-13-5-7-2-3-8(12)4-9(7)10(6-13)11(14)15/h2-4,10H,5-6H2,1H3,(H,14,15). The minimum absolute atomic E-state index is 0.371. The van der Waals surface area contributed by atoms with Gasteiger partial charge in [0.2, 0.25) is 0 Å². The van der Waals surface area contributed by atoms with Crippen LogP contribution >= 0.6 is 0 Å². The summed E-state index contributed by atoms with van der Waals surface area (Å²) in [5.74, 6) is -1.88. The minimum atomic E-state index is -0.895. The number of carbonyl (C=O) groups is 1. The third-order valence-electron chi connectivity index (χ3n) is 2.72. The van der Waals surface area contributed by atoms with Crippen LogP contribution in [0.1, 0.15) is 17.0 Å². The molecule has 0 aliphatic carbocycles. The molecule has 1 aromatic carbocycles. The zero-order chi connectivity index (χ0) is 11.0. The Kier molecular flexibility index (Phi) is 2.44. The highest BCUT2D eigenvalue weighted by Crippen LogP contribution is 2.28. The van der Waals surface area contributed by atoms with Gasteiger partial charge in [-0.05, 0) is 30.3 Å². The molecule has 0 amide bonds. The second-order valence-electron chi connectivity index (χ2n) is 3.93. The van der Waals surface area contributed by atoms with E-state index >= 15 is 0 Å². The molecule has 0 aromatic heterocycles. The highest BCUT2D eigenvalue weighted by atomic mass is 19.1. The maximum absolute atomic E-state index is 13.0. The first kappa shape index (κ1) is 10.1. The molecule has 15 heavy (non-hydrogen) atoms. The van der Waals surface area contributed by atoms with E-state index in [0.717, 1.165) is 5.56 Å². The van der Waals surface area contributed by atoms with Crippen molar-refractivity contribution in [2.24, 2.45) is 0 Å². The van der Waals surface area contributed by atoms with Gasteiger partial charge < -0.3 is 10.0 Å². The summed E-state index contributed by atoms with van der Waals surface area (Å²) >= 11 is 0. The third kappa shape index (κ3) is 1.85. The van der Waals surface area contributed by atoms with Crippen molar-refractivity contribution in [3.05, 3.63) is 35.1 Å². The van der Waals surface area contributed by atoms with Gasteiger partial charge in [0.05, 0.1) is 5.92 Å². The number of hydrogen-bond acceptors (Lipinski definition) is 2. The van der Waals surface area contributed by atoms with Crippen LogP contribution in [0.3, 0.4) is 0 Å². The van der Waals surface area contributed by atoms with Crippen molar-refractivity contribution in [1.29, 1.82) is 0 Å². The van der Waals surface area contributed by atoms with Crippen LogP contribution in [0.25, 0.3) is 0 Å². The van der Waals surface area contributed by atoms with Crippen molar-refractivity contribution in [2.75, 3.05) is 13.6 Å². The molecule has 3 nitrogen and oxygen atoms in total. The first-order valence-corrected chi connectivity index (χ1v) is 4.77. The van der Waals surface area contributed by atoms with Crippen LogP contribution in [0.4, 0.5) is 4.39 Å². The molecule has 1 N–H and O–H groups in total. The molecule has 80 valence electrons. The van der Waals surface area contributed by atoms with E-state index in [9.17, 15) is 9.18 Å². The smallest absolute Gasteiger partial charge is 0.312 e. The van der Waals surface area contributed by atoms with Gasteiger partial charge in [0, 0.05) is 13.1 Å². The zero-order valence-electron chi connectivity index (χ0n) is 8.40. The predicted molar refractivity (Wildman–Crippen MR) is 53.1 cm³/mol. The van der Waals surface area contributed by atoms with Crippen molar-refractivity contribution in [2.45, 2.75) is 12.5 Å². The maximum atomic E-state index is 13.0. The molecule has 0 saturated carbocycles. The molecule has 1 heterocycles. The van der Waals surface area contributed by atoms with Crippen LogP contribution in [0.5, 0.6) is 0 Å². The molecule has 2 rings (SSSR count). The van der Waals surface area contributed by atoms with Gasteiger partial charge >= 0.3 is 5.97 Å². The lowest BCUT2D eigenvalue weighted by molar-refractivity contribution is -0.139. The summed E-state index contributed by atoms with van der Waals surface area (Å²) in [6.45, 7) is 1.12. The largest absolute Gasteiger partial charge is 0.481 e. The lowest BCUT2D eigenvalue weighted by Gasteiger charge is -2.29. The summed E-state index contributed by atoms with van der Waals surface area (Å²) in [6, 6.07) is 4.37. The second kappa shape index (κ2) is 3.62. The Hall–Kier alpha value is -1.42. The zero-order valence-corrected chi connectivity index (χ0v) is 8.40.